The molecule has 0 spiro atoms. The second-order valence-electron chi connectivity index (χ2n) is 5.44. The summed E-state index contributed by atoms with van der Waals surface area (Å²) in [6.45, 7) is 2.28. The molecule has 21 heavy (non-hydrogen) atoms. The van der Waals surface area contributed by atoms with Crippen molar-refractivity contribution >= 4 is 0 Å². The lowest BCUT2D eigenvalue weighted by Gasteiger charge is -2.29. The van der Waals surface area contributed by atoms with Crippen LogP contribution in [0.25, 0.3) is 0 Å². The molecule has 2 unspecified atom stereocenters. The molecule has 1 fully saturated rings. The van der Waals surface area contributed by atoms with Crippen LogP contribution in [0.2, 0.25) is 0 Å². The quantitative estimate of drug-likeness (QED) is 0.909. The minimum atomic E-state index is -4.35. The number of alkyl halides is 3. The molecular formula is C15H21F3N2O. The van der Waals surface area contributed by atoms with Crippen molar-refractivity contribution in [2.24, 2.45) is 11.7 Å². The summed E-state index contributed by atoms with van der Waals surface area (Å²) >= 11 is 0. The van der Waals surface area contributed by atoms with Crippen molar-refractivity contribution in [2.75, 3.05) is 33.4 Å². The first kappa shape index (κ1) is 16.3. The van der Waals surface area contributed by atoms with Crippen molar-refractivity contribution in [2.45, 2.75) is 18.6 Å². The summed E-state index contributed by atoms with van der Waals surface area (Å²) in [6.07, 6.45) is -3.42. The van der Waals surface area contributed by atoms with Gasteiger partial charge >= 0.3 is 6.18 Å². The van der Waals surface area contributed by atoms with Gasteiger partial charge in [-0.3, -0.25) is 4.90 Å². The van der Waals surface area contributed by atoms with Crippen molar-refractivity contribution in [1.82, 2.24) is 4.90 Å². The summed E-state index contributed by atoms with van der Waals surface area (Å²) in [6, 6.07) is 5.31. The van der Waals surface area contributed by atoms with Crippen LogP contribution in [-0.4, -0.2) is 38.3 Å². The van der Waals surface area contributed by atoms with E-state index in [4.69, 9.17) is 10.5 Å². The normalized spacial score (nSPS) is 21.7. The van der Waals surface area contributed by atoms with Gasteiger partial charge in [0.2, 0.25) is 0 Å². The topological polar surface area (TPSA) is 38.5 Å². The molecule has 1 aliphatic heterocycles. The van der Waals surface area contributed by atoms with E-state index in [0.29, 0.717) is 12.5 Å². The molecule has 1 saturated heterocycles. The highest BCUT2D eigenvalue weighted by Gasteiger charge is 2.37. The lowest BCUT2D eigenvalue weighted by atomic mass is 9.98. The maximum atomic E-state index is 13.2. The monoisotopic (exact) mass is 302 g/mol. The Morgan fingerprint density at radius 1 is 1.38 bits per heavy atom. The number of hydrogen-bond donors (Lipinski definition) is 1. The van der Waals surface area contributed by atoms with E-state index in [-0.39, 0.29) is 12.1 Å². The molecule has 6 heteroatoms. The molecule has 0 bridgehead atoms. The highest BCUT2D eigenvalue weighted by molar-refractivity contribution is 5.33. The Bertz CT molecular complexity index is 464. The van der Waals surface area contributed by atoms with E-state index in [9.17, 15) is 13.2 Å². The van der Waals surface area contributed by atoms with Gasteiger partial charge in [0, 0.05) is 26.2 Å². The zero-order chi connectivity index (χ0) is 15.5. The van der Waals surface area contributed by atoms with Crippen LogP contribution in [0.3, 0.4) is 0 Å². The second kappa shape index (κ2) is 6.77. The van der Waals surface area contributed by atoms with Crippen LogP contribution in [0.1, 0.15) is 23.6 Å². The van der Waals surface area contributed by atoms with Crippen LogP contribution in [0.15, 0.2) is 24.3 Å². The highest BCUT2D eigenvalue weighted by atomic mass is 19.4. The van der Waals surface area contributed by atoms with E-state index >= 15 is 0 Å². The fourth-order valence-corrected chi connectivity index (χ4v) is 3.04. The summed E-state index contributed by atoms with van der Waals surface area (Å²) in [4.78, 5) is 2.04. The molecule has 1 aromatic rings. The molecule has 0 amide bonds. The summed E-state index contributed by atoms with van der Waals surface area (Å²) in [7, 11) is 1.64. The van der Waals surface area contributed by atoms with E-state index in [0.717, 1.165) is 25.6 Å². The Balaban J connectivity index is 2.23. The summed E-state index contributed by atoms with van der Waals surface area (Å²) in [5, 5.41) is 0. The zero-order valence-corrected chi connectivity index (χ0v) is 12.1. The van der Waals surface area contributed by atoms with Crippen LogP contribution in [0.5, 0.6) is 0 Å². The van der Waals surface area contributed by atoms with Gasteiger partial charge in [0.1, 0.15) is 0 Å². The number of nitrogens with zero attached hydrogens (tertiary/aromatic N) is 1. The minimum Gasteiger partial charge on any atom is -0.384 e. The molecule has 118 valence electrons. The third-order valence-corrected chi connectivity index (χ3v) is 4.01. The van der Waals surface area contributed by atoms with Crippen LogP contribution < -0.4 is 5.73 Å². The number of ether oxygens (including phenoxy) is 1. The van der Waals surface area contributed by atoms with Crippen LogP contribution in [0.4, 0.5) is 13.2 Å². The van der Waals surface area contributed by atoms with E-state index in [1.165, 1.54) is 12.1 Å². The summed E-state index contributed by atoms with van der Waals surface area (Å²) in [5.74, 6) is 0.363. The largest absolute Gasteiger partial charge is 0.416 e. The molecule has 2 atom stereocenters. The maximum absolute atomic E-state index is 13.2. The Morgan fingerprint density at radius 2 is 2.10 bits per heavy atom. The lowest BCUT2D eigenvalue weighted by molar-refractivity contribution is -0.138. The first-order valence-corrected chi connectivity index (χ1v) is 7.06. The number of hydrogen-bond acceptors (Lipinski definition) is 3. The van der Waals surface area contributed by atoms with Gasteiger partial charge in [-0.15, -0.1) is 0 Å². The smallest absolute Gasteiger partial charge is 0.384 e. The van der Waals surface area contributed by atoms with Gasteiger partial charge in [0.15, 0.2) is 0 Å². The van der Waals surface area contributed by atoms with E-state index in [1.807, 2.05) is 4.90 Å². The van der Waals surface area contributed by atoms with Gasteiger partial charge in [0.05, 0.1) is 12.2 Å². The maximum Gasteiger partial charge on any atom is 0.416 e. The molecule has 0 aliphatic carbocycles. The Kier molecular flexibility index (Phi) is 5.24. The van der Waals surface area contributed by atoms with Gasteiger partial charge in [0.25, 0.3) is 0 Å². The predicted molar refractivity (Wildman–Crippen MR) is 74.8 cm³/mol. The fraction of sp³-hybridized carbons (Fsp3) is 0.600. The second-order valence-corrected chi connectivity index (χ2v) is 5.44. The number of benzene rings is 1. The molecule has 1 heterocycles. The molecule has 2 N–H and O–H groups in total. The average Bonchev–Trinajstić information content (AvgIpc) is 2.88. The zero-order valence-electron chi connectivity index (χ0n) is 12.1. The van der Waals surface area contributed by atoms with Crippen LogP contribution >= 0.6 is 0 Å². The van der Waals surface area contributed by atoms with Crippen molar-refractivity contribution in [1.29, 1.82) is 0 Å². The minimum absolute atomic E-state index is 0.173. The van der Waals surface area contributed by atoms with Gasteiger partial charge in [-0.05, 0) is 30.5 Å². The summed E-state index contributed by atoms with van der Waals surface area (Å²) in [5.41, 5.74) is 5.46. The van der Waals surface area contributed by atoms with Crippen molar-refractivity contribution in [3.05, 3.63) is 35.4 Å². The fourth-order valence-electron chi connectivity index (χ4n) is 3.04. The standard InChI is InChI=1S/C15H21F3N2O/c1-21-10-11-6-7-20(9-11)14(8-19)12-4-2-3-5-13(12)15(16,17)18/h2-5,11,14H,6-10,19H2,1H3. The number of nitrogens with two attached hydrogens (primary N) is 1. The molecule has 0 saturated carbocycles. The van der Waals surface area contributed by atoms with E-state index in [1.54, 1.807) is 13.2 Å². The van der Waals surface area contributed by atoms with Gasteiger partial charge in [-0.1, -0.05) is 18.2 Å². The molecule has 1 aliphatic rings. The Labute approximate surface area is 122 Å². The molecule has 1 aromatic carbocycles. The summed E-state index contributed by atoms with van der Waals surface area (Å²) < 4.78 is 44.6. The number of halogens is 3. The first-order valence-electron chi connectivity index (χ1n) is 7.06. The van der Waals surface area contributed by atoms with Crippen LogP contribution in [-0.2, 0) is 10.9 Å². The molecule has 2 rings (SSSR count). The molecular weight excluding hydrogens is 281 g/mol. The van der Waals surface area contributed by atoms with Crippen LogP contribution in [0, 0.1) is 5.92 Å². The Morgan fingerprint density at radius 3 is 2.71 bits per heavy atom. The third kappa shape index (κ3) is 3.75. The van der Waals surface area contributed by atoms with E-state index < -0.39 is 17.8 Å². The Hall–Kier alpha value is -1.11. The van der Waals surface area contributed by atoms with Gasteiger partial charge in [-0.25, -0.2) is 0 Å². The van der Waals surface area contributed by atoms with Gasteiger partial charge < -0.3 is 10.5 Å². The number of rotatable bonds is 5. The SMILES string of the molecule is COCC1CCN(C(CN)c2ccccc2C(F)(F)F)C1. The first-order chi connectivity index (χ1) is 9.97. The predicted octanol–water partition coefficient (Wildman–Crippen LogP) is 2.67. The van der Waals surface area contributed by atoms with Crippen molar-refractivity contribution < 1.29 is 17.9 Å². The molecule has 0 radical (unpaired) electrons. The van der Waals surface area contributed by atoms with Gasteiger partial charge in [-0.2, -0.15) is 13.2 Å². The number of methoxy groups -OCH3 is 1. The number of likely N-dealkylation sites (tertiary alicyclic amines) is 1. The highest BCUT2D eigenvalue weighted by Crippen LogP contribution is 2.37. The molecule has 3 nitrogen and oxygen atoms in total. The average molecular weight is 302 g/mol. The van der Waals surface area contributed by atoms with E-state index in [2.05, 4.69) is 0 Å². The molecule has 0 aromatic heterocycles. The van der Waals surface area contributed by atoms with Crippen molar-refractivity contribution in [3.8, 4) is 0 Å². The van der Waals surface area contributed by atoms with Crippen molar-refractivity contribution in [3.63, 3.8) is 0 Å². The third-order valence-electron chi connectivity index (χ3n) is 4.01. The lowest BCUT2D eigenvalue weighted by Crippen LogP contribution is -2.34.